The van der Waals surface area contributed by atoms with E-state index in [0.29, 0.717) is 0 Å². The lowest BCUT2D eigenvalue weighted by Gasteiger charge is -2.22. The first-order valence-electron chi connectivity index (χ1n) is 6.19. The number of hydrogen-bond donors (Lipinski definition) is 1. The molecule has 0 amide bonds. The minimum Gasteiger partial charge on any atom is -0.317 e. The predicted molar refractivity (Wildman–Crippen MR) is 72.9 cm³/mol. The molecule has 0 atom stereocenters. The molecule has 16 heavy (non-hydrogen) atoms. The second-order valence-electron chi connectivity index (χ2n) is 4.63. The number of benzene rings is 1. The van der Waals surface area contributed by atoms with Crippen LogP contribution in [-0.4, -0.2) is 18.8 Å². The van der Waals surface area contributed by atoms with E-state index in [0.717, 1.165) is 5.92 Å². The van der Waals surface area contributed by atoms with E-state index in [-0.39, 0.29) is 0 Å². The van der Waals surface area contributed by atoms with Crippen LogP contribution in [0, 0.1) is 12.8 Å². The first kappa shape index (κ1) is 12.0. The largest absolute Gasteiger partial charge is 0.317 e. The highest BCUT2D eigenvalue weighted by Gasteiger charge is 2.12. The van der Waals surface area contributed by atoms with Gasteiger partial charge in [-0.05, 0) is 55.7 Å². The van der Waals surface area contributed by atoms with Crippen LogP contribution >= 0.6 is 11.8 Å². The van der Waals surface area contributed by atoms with Gasteiger partial charge in [0.2, 0.25) is 0 Å². The summed E-state index contributed by atoms with van der Waals surface area (Å²) in [5, 5.41) is 3.42. The molecule has 2 rings (SSSR count). The summed E-state index contributed by atoms with van der Waals surface area (Å²) in [6.45, 7) is 4.64. The molecule has 0 unspecified atom stereocenters. The van der Waals surface area contributed by atoms with Crippen molar-refractivity contribution < 1.29 is 0 Å². The van der Waals surface area contributed by atoms with Gasteiger partial charge in [0.15, 0.2) is 0 Å². The number of thioether (sulfide) groups is 1. The average molecular weight is 235 g/mol. The maximum atomic E-state index is 3.42. The summed E-state index contributed by atoms with van der Waals surface area (Å²) in [7, 11) is 0. The van der Waals surface area contributed by atoms with Crippen molar-refractivity contribution in [3.05, 3.63) is 35.4 Å². The summed E-state index contributed by atoms with van der Waals surface area (Å²) in [6, 6.07) is 8.73. The van der Waals surface area contributed by atoms with Crippen LogP contribution in [0.15, 0.2) is 24.3 Å². The lowest BCUT2D eigenvalue weighted by Crippen LogP contribution is -2.28. The monoisotopic (exact) mass is 235 g/mol. The second-order valence-corrected chi connectivity index (χ2v) is 5.67. The van der Waals surface area contributed by atoms with E-state index in [1.54, 1.807) is 0 Å². The van der Waals surface area contributed by atoms with Crippen LogP contribution in [0.25, 0.3) is 0 Å². The van der Waals surface area contributed by atoms with Crippen molar-refractivity contribution in [3.63, 3.8) is 0 Å². The molecule has 0 aliphatic carbocycles. The molecule has 0 spiro atoms. The average Bonchev–Trinajstić information content (AvgIpc) is 2.33. The Bertz CT molecular complexity index is 318. The zero-order valence-corrected chi connectivity index (χ0v) is 10.9. The van der Waals surface area contributed by atoms with E-state index in [1.807, 2.05) is 0 Å². The maximum Gasteiger partial charge on any atom is 0.0187 e. The summed E-state index contributed by atoms with van der Waals surface area (Å²) >= 11 is 2.10. The van der Waals surface area contributed by atoms with Gasteiger partial charge in [0, 0.05) is 5.75 Å². The van der Waals surface area contributed by atoms with E-state index in [1.165, 1.54) is 48.6 Å². The van der Waals surface area contributed by atoms with Crippen molar-refractivity contribution >= 4 is 11.8 Å². The molecular formula is C14H21NS. The third-order valence-corrected chi connectivity index (χ3v) is 4.55. The van der Waals surface area contributed by atoms with Gasteiger partial charge in [-0.2, -0.15) is 11.8 Å². The molecule has 88 valence electrons. The fraction of sp³-hybridized carbons (Fsp3) is 0.571. The Labute approximate surface area is 103 Å². The van der Waals surface area contributed by atoms with Crippen molar-refractivity contribution in [2.45, 2.75) is 25.5 Å². The van der Waals surface area contributed by atoms with Gasteiger partial charge >= 0.3 is 0 Å². The van der Waals surface area contributed by atoms with E-state index in [2.05, 4.69) is 48.3 Å². The van der Waals surface area contributed by atoms with E-state index >= 15 is 0 Å². The van der Waals surface area contributed by atoms with Crippen molar-refractivity contribution in [2.24, 2.45) is 5.92 Å². The Morgan fingerprint density at radius 2 is 2.00 bits per heavy atom. The highest BCUT2D eigenvalue weighted by molar-refractivity contribution is 7.98. The molecular weight excluding hydrogens is 214 g/mol. The standard InChI is InChI=1S/C14H21NS/c1-12-4-2-3-5-14(12)11-16-10-13-6-8-15-9-7-13/h2-5,13,15H,6-11H2,1H3. The minimum atomic E-state index is 0.940. The molecule has 1 nitrogen and oxygen atoms in total. The molecule has 1 aromatic carbocycles. The summed E-state index contributed by atoms with van der Waals surface area (Å²) in [4.78, 5) is 0. The molecule has 1 saturated heterocycles. The lowest BCUT2D eigenvalue weighted by atomic mass is 10.0. The van der Waals surface area contributed by atoms with Crippen LogP contribution in [-0.2, 0) is 5.75 Å². The highest BCUT2D eigenvalue weighted by Crippen LogP contribution is 2.22. The maximum absolute atomic E-state index is 3.42. The molecule has 0 radical (unpaired) electrons. The Morgan fingerprint density at radius 3 is 2.75 bits per heavy atom. The SMILES string of the molecule is Cc1ccccc1CSCC1CCNCC1. The molecule has 1 heterocycles. The molecule has 1 aliphatic rings. The summed E-state index contributed by atoms with van der Waals surface area (Å²) in [5.41, 5.74) is 2.93. The fourth-order valence-electron chi connectivity index (χ4n) is 2.16. The quantitative estimate of drug-likeness (QED) is 0.860. The summed E-state index contributed by atoms with van der Waals surface area (Å²) in [5.74, 6) is 3.45. The second kappa shape index (κ2) is 6.31. The summed E-state index contributed by atoms with van der Waals surface area (Å²) < 4.78 is 0. The first-order chi connectivity index (χ1) is 7.86. The van der Waals surface area contributed by atoms with Gasteiger partial charge in [-0.25, -0.2) is 0 Å². The molecule has 1 aromatic rings. The van der Waals surface area contributed by atoms with E-state index in [4.69, 9.17) is 0 Å². The molecule has 1 aliphatic heterocycles. The highest BCUT2D eigenvalue weighted by atomic mass is 32.2. The molecule has 1 N–H and O–H groups in total. The Kier molecular flexibility index (Phi) is 4.73. The third kappa shape index (κ3) is 3.53. The van der Waals surface area contributed by atoms with Gasteiger partial charge < -0.3 is 5.32 Å². The minimum absolute atomic E-state index is 0.940. The van der Waals surface area contributed by atoms with Gasteiger partial charge in [0.05, 0.1) is 0 Å². The Hall–Kier alpha value is -0.470. The van der Waals surface area contributed by atoms with Crippen LogP contribution in [0.2, 0.25) is 0 Å². The first-order valence-corrected chi connectivity index (χ1v) is 7.34. The van der Waals surface area contributed by atoms with Gasteiger partial charge in [-0.3, -0.25) is 0 Å². The number of piperidine rings is 1. The van der Waals surface area contributed by atoms with Crippen LogP contribution in [0.1, 0.15) is 24.0 Å². The van der Waals surface area contributed by atoms with Gasteiger partial charge in [0.25, 0.3) is 0 Å². The van der Waals surface area contributed by atoms with Crippen LogP contribution in [0.4, 0.5) is 0 Å². The van der Waals surface area contributed by atoms with E-state index < -0.39 is 0 Å². The predicted octanol–water partition coefficient (Wildman–Crippen LogP) is 3.23. The summed E-state index contributed by atoms with van der Waals surface area (Å²) in [6.07, 6.45) is 2.72. The van der Waals surface area contributed by atoms with Crippen LogP contribution in [0.5, 0.6) is 0 Å². The lowest BCUT2D eigenvalue weighted by molar-refractivity contribution is 0.408. The topological polar surface area (TPSA) is 12.0 Å². The normalized spacial score (nSPS) is 17.6. The number of aryl methyl sites for hydroxylation is 1. The van der Waals surface area contributed by atoms with Crippen molar-refractivity contribution in [2.75, 3.05) is 18.8 Å². The number of hydrogen-bond acceptors (Lipinski definition) is 2. The molecule has 0 aromatic heterocycles. The van der Waals surface area contributed by atoms with Gasteiger partial charge in [0.1, 0.15) is 0 Å². The van der Waals surface area contributed by atoms with Crippen molar-refractivity contribution in [1.82, 2.24) is 5.32 Å². The van der Waals surface area contributed by atoms with Crippen molar-refractivity contribution in [3.8, 4) is 0 Å². The smallest absolute Gasteiger partial charge is 0.0187 e. The van der Waals surface area contributed by atoms with Gasteiger partial charge in [-0.1, -0.05) is 24.3 Å². The molecule has 2 heteroatoms. The Balaban J connectivity index is 1.73. The third-order valence-electron chi connectivity index (χ3n) is 3.33. The molecule has 0 saturated carbocycles. The van der Waals surface area contributed by atoms with Crippen LogP contribution in [0.3, 0.4) is 0 Å². The van der Waals surface area contributed by atoms with Gasteiger partial charge in [-0.15, -0.1) is 0 Å². The van der Waals surface area contributed by atoms with Crippen molar-refractivity contribution in [1.29, 1.82) is 0 Å². The zero-order valence-electron chi connectivity index (χ0n) is 10.0. The molecule has 0 bridgehead atoms. The fourth-order valence-corrected chi connectivity index (χ4v) is 3.48. The Morgan fingerprint density at radius 1 is 1.25 bits per heavy atom. The number of nitrogens with one attached hydrogen (secondary N) is 1. The van der Waals surface area contributed by atoms with Crippen LogP contribution < -0.4 is 5.32 Å². The molecule has 1 fully saturated rings. The van der Waals surface area contributed by atoms with E-state index in [9.17, 15) is 0 Å². The zero-order chi connectivity index (χ0) is 11.2. The number of rotatable bonds is 4.